The van der Waals surface area contributed by atoms with E-state index in [1.54, 1.807) is 24.3 Å². The van der Waals surface area contributed by atoms with Gasteiger partial charge in [-0.2, -0.15) is 5.26 Å². The van der Waals surface area contributed by atoms with Crippen LogP contribution in [0.3, 0.4) is 0 Å². The standard InChI is InChI=1S/C17H10N4O3/c18-9-12-2-1-3-13(8-12)16-10-21(11-19-16)17(22)24-15-6-4-14(20-23)5-7-15/h1-8,10-11H. The van der Waals surface area contributed by atoms with Crippen LogP contribution < -0.4 is 4.74 Å². The second-order valence-electron chi connectivity index (χ2n) is 4.81. The zero-order chi connectivity index (χ0) is 16.9. The van der Waals surface area contributed by atoms with E-state index in [2.05, 4.69) is 16.2 Å². The summed E-state index contributed by atoms with van der Waals surface area (Å²) < 4.78 is 6.38. The van der Waals surface area contributed by atoms with Gasteiger partial charge in [-0.25, -0.2) is 14.3 Å². The monoisotopic (exact) mass is 318 g/mol. The summed E-state index contributed by atoms with van der Waals surface area (Å²) in [5.41, 5.74) is 2.03. The highest BCUT2D eigenvalue weighted by atomic mass is 16.6. The van der Waals surface area contributed by atoms with Crippen molar-refractivity contribution in [3.63, 3.8) is 0 Å². The molecule has 7 nitrogen and oxygen atoms in total. The number of benzene rings is 2. The third-order valence-electron chi connectivity index (χ3n) is 3.23. The zero-order valence-corrected chi connectivity index (χ0v) is 12.3. The first-order valence-electron chi connectivity index (χ1n) is 6.90. The van der Waals surface area contributed by atoms with Crippen LogP contribution in [-0.4, -0.2) is 15.6 Å². The van der Waals surface area contributed by atoms with E-state index in [4.69, 9.17) is 10.00 Å². The molecule has 24 heavy (non-hydrogen) atoms. The first kappa shape index (κ1) is 15.1. The van der Waals surface area contributed by atoms with Gasteiger partial charge in [0, 0.05) is 11.8 Å². The molecule has 0 saturated heterocycles. The van der Waals surface area contributed by atoms with Gasteiger partial charge >= 0.3 is 6.09 Å². The van der Waals surface area contributed by atoms with Gasteiger partial charge in [-0.15, -0.1) is 4.91 Å². The van der Waals surface area contributed by atoms with Crippen LogP contribution >= 0.6 is 0 Å². The molecule has 0 fully saturated rings. The van der Waals surface area contributed by atoms with Crippen LogP contribution in [-0.2, 0) is 0 Å². The fraction of sp³-hybridized carbons (Fsp3) is 0. The van der Waals surface area contributed by atoms with Crippen molar-refractivity contribution in [2.45, 2.75) is 0 Å². The van der Waals surface area contributed by atoms with Gasteiger partial charge in [0.15, 0.2) is 0 Å². The number of ether oxygens (including phenoxy) is 1. The first-order chi connectivity index (χ1) is 11.7. The van der Waals surface area contributed by atoms with Crippen molar-refractivity contribution in [2.24, 2.45) is 5.18 Å². The average Bonchev–Trinajstić information content (AvgIpc) is 3.13. The Balaban J connectivity index is 1.77. The van der Waals surface area contributed by atoms with Gasteiger partial charge in [0.2, 0.25) is 0 Å². The minimum Gasteiger partial charge on any atom is -0.410 e. The second kappa shape index (κ2) is 6.54. The normalized spacial score (nSPS) is 9.96. The number of rotatable bonds is 3. The molecular weight excluding hydrogens is 308 g/mol. The van der Waals surface area contributed by atoms with E-state index in [-0.39, 0.29) is 11.4 Å². The van der Waals surface area contributed by atoms with E-state index in [9.17, 15) is 9.70 Å². The van der Waals surface area contributed by atoms with Crippen molar-refractivity contribution in [1.82, 2.24) is 9.55 Å². The Morgan fingerprint density at radius 3 is 2.71 bits per heavy atom. The summed E-state index contributed by atoms with van der Waals surface area (Å²) in [6.07, 6.45) is 2.20. The second-order valence-corrected chi connectivity index (χ2v) is 4.81. The SMILES string of the molecule is N#Cc1cccc(-c2cn(C(=O)Oc3ccc(N=O)cc3)cn2)c1. The number of aromatic nitrogens is 2. The van der Waals surface area contributed by atoms with Gasteiger partial charge in [0.1, 0.15) is 17.8 Å². The van der Waals surface area contributed by atoms with Crippen molar-refractivity contribution in [3.05, 3.63) is 71.5 Å². The number of nitroso groups, excluding NO2 is 1. The zero-order valence-electron chi connectivity index (χ0n) is 12.3. The lowest BCUT2D eigenvalue weighted by Crippen LogP contribution is -2.14. The number of carbonyl (C=O) groups excluding carboxylic acids is 1. The lowest BCUT2D eigenvalue weighted by molar-refractivity contribution is 0.202. The molecule has 0 aliphatic rings. The summed E-state index contributed by atoms with van der Waals surface area (Å²) >= 11 is 0. The molecule has 116 valence electrons. The highest BCUT2D eigenvalue weighted by Gasteiger charge is 2.11. The summed E-state index contributed by atoms with van der Waals surface area (Å²) in [6, 6.07) is 14.8. The van der Waals surface area contributed by atoms with Gasteiger partial charge in [0.25, 0.3) is 0 Å². The molecule has 0 bridgehead atoms. The number of hydrogen-bond donors (Lipinski definition) is 0. The Morgan fingerprint density at radius 2 is 2.00 bits per heavy atom. The molecule has 0 spiro atoms. The number of nitriles is 1. The topological polar surface area (TPSA) is 97.3 Å². The van der Waals surface area contributed by atoms with Crippen molar-refractivity contribution in [1.29, 1.82) is 5.26 Å². The van der Waals surface area contributed by atoms with E-state index >= 15 is 0 Å². The summed E-state index contributed by atoms with van der Waals surface area (Å²) in [5, 5.41) is 11.7. The lowest BCUT2D eigenvalue weighted by Gasteiger charge is -2.03. The minimum atomic E-state index is -0.642. The Bertz CT molecular complexity index is 939. The maximum atomic E-state index is 12.1. The van der Waals surface area contributed by atoms with Crippen LogP contribution in [0.1, 0.15) is 5.56 Å². The first-order valence-corrected chi connectivity index (χ1v) is 6.90. The molecule has 1 aromatic heterocycles. The maximum Gasteiger partial charge on any atom is 0.424 e. The van der Waals surface area contributed by atoms with E-state index in [1.807, 2.05) is 0 Å². The van der Waals surface area contributed by atoms with Crippen molar-refractivity contribution < 1.29 is 9.53 Å². The van der Waals surface area contributed by atoms with Crippen LogP contribution in [0.2, 0.25) is 0 Å². The molecule has 3 aromatic rings. The summed E-state index contributed by atoms with van der Waals surface area (Å²) in [7, 11) is 0. The van der Waals surface area contributed by atoms with Crippen molar-refractivity contribution in [3.8, 4) is 23.1 Å². The fourth-order valence-corrected chi connectivity index (χ4v) is 2.05. The molecule has 3 rings (SSSR count). The van der Waals surface area contributed by atoms with Gasteiger partial charge < -0.3 is 4.74 Å². The quantitative estimate of drug-likeness (QED) is 0.683. The lowest BCUT2D eigenvalue weighted by atomic mass is 10.1. The van der Waals surface area contributed by atoms with Gasteiger partial charge in [0.05, 0.1) is 17.3 Å². The molecule has 0 aliphatic heterocycles. The highest BCUT2D eigenvalue weighted by molar-refractivity contribution is 5.75. The maximum absolute atomic E-state index is 12.1. The van der Waals surface area contributed by atoms with Crippen LogP contribution in [0.15, 0.2) is 66.2 Å². The molecule has 0 N–H and O–H groups in total. The Hall–Kier alpha value is -3.79. The van der Waals surface area contributed by atoms with Crippen LogP contribution in [0, 0.1) is 16.2 Å². The highest BCUT2D eigenvalue weighted by Crippen LogP contribution is 2.20. The molecule has 0 amide bonds. The Labute approximate surface area is 136 Å². The number of imidazole rings is 1. The number of nitrogens with zero attached hydrogens (tertiary/aromatic N) is 4. The van der Waals surface area contributed by atoms with Gasteiger partial charge in [-0.05, 0) is 41.6 Å². The molecule has 7 heteroatoms. The average molecular weight is 318 g/mol. The van der Waals surface area contributed by atoms with Crippen LogP contribution in [0.25, 0.3) is 11.3 Å². The molecule has 0 saturated carbocycles. The molecule has 0 atom stereocenters. The van der Waals surface area contributed by atoms with E-state index in [0.717, 1.165) is 5.56 Å². The fourth-order valence-electron chi connectivity index (χ4n) is 2.05. The van der Waals surface area contributed by atoms with Gasteiger partial charge in [-0.3, -0.25) is 0 Å². The van der Waals surface area contributed by atoms with E-state index in [0.29, 0.717) is 11.3 Å². The predicted molar refractivity (Wildman–Crippen MR) is 85.7 cm³/mol. The summed E-state index contributed by atoms with van der Waals surface area (Å²) in [5.74, 6) is 0.286. The predicted octanol–water partition coefficient (Wildman–Crippen LogP) is 3.87. The third-order valence-corrected chi connectivity index (χ3v) is 3.23. The number of carbonyl (C=O) groups is 1. The van der Waals surface area contributed by atoms with E-state index < -0.39 is 6.09 Å². The number of hydrogen-bond acceptors (Lipinski definition) is 6. The minimum absolute atomic E-state index is 0.247. The van der Waals surface area contributed by atoms with Gasteiger partial charge in [-0.1, -0.05) is 12.1 Å². The molecular formula is C17H10N4O3. The van der Waals surface area contributed by atoms with Crippen molar-refractivity contribution >= 4 is 11.8 Å². The Morgan fingerprint density at radius 1 is 1.21 bits per heavy atom. The largest absolute Gasteiger partial charge is 0.424 e. The molecule has 1 heterocycles. The van der Waals surface area contributed by atoms with Crippen LogP contribution in [0.5, 0.6) is 5.75 Å². The molecule has 0 radical (unpaired) electrons. The summed E-state index contributed by atoms with van der Waals surface area (Å²) in [4.78, 5) is 26.6. The smallest absolute Gasteiger partial charge is 0.410 e. The van der Waals surface area contributed by atoms with Crippen LogP contribution in [0.4, 0.5) is 10.5 Å². The summed E-state index contributed by atoms with van der Waals surface area (Å²) in [6.45, 7) is 0. The van der Waals surface area contributed by atoms with Crippen molar-refractivity contribution in [2.75, 3.05) is 0 Å². The Kier molecular flexibility index (Phi) is 4.12. The molecule has 0 aliphatic carbocycles. The molecule has 0 unspecified atom stereocenters. The van der Waals surface area contributed by atoms with E-state index in [1.165, 1.54) is 41.4 Å². The molecule has 2 aromatic carbocycles. The third kappa shape index (κ3) is 3.18.